The number of hydrazone groups is 1. The predicted molar refractivity (Wildman–Crippen MR) is 135 cm³/mol. The minimum absolute atomic E-state index is 0.113. The van der Waals surface area contributed by atoms with E-state index in [0.29, 0.717) is 30.2 Å². The van der Waals surface area contributed by atoms with Crippen molar-refractivity contribution in [2.75, 3.05) is 44.7 Å². The molecule has 0 atom stereocenters. The molecule has 8 nitrogen and oxygen atoms in total. The number of fused-ring (bicyclic) bond motifs is 1. The van der Waals surface area contributed by atoms with Gasteiger partial charge < -0.3 is 15.2 Å². The molecule has 2 aliphatic heterocycles. The van der Waals surface area contributed by atoms with Gasteiger partial charge in [0.05, 0.1) is 26.5 Å². The molecule has 188 valence electrons. The van der Waals surface area contributed by atoms with Crippen LogP contribution in [-0.4, -0.2) is 49.6 Å². The molecule has 3 N–H and O–H groups in total. The van der Waals surface area contributed by atoms with Gasteiger partial charge in [0.2, 0.25) is 0 Å². The number of hydrazine groups is 2. The highest BCUT2D eigenvalue weighted by molar-refractivity contribution is 6.04. The second-order valence-corrected chi connectivity index (χ2v) is 8.68. The Hall–Kier alpha value is -3.89. The van der Waals surface area contributed by atoms with E-state index < -0.39 is 11.6 Å². The van der Waals surface area contributed by atoms with Crippen LogP contribution < -0.4 is 25.9 Å². The summed E-state index contributed by atoms with van der Waals surface area (Å²) in [5, 5.41) is 8.03. The van der Waals surface area contributed by atoms with Crippen LogP contribution in [0.3, 0.4) is 0 Å². The highest BCUT2D eigenvalue weighted by Crippen LogP contribution is 2.33. The lowest BCUT2D eigenvalue weighted by Crippen LogP contribution is -2.47. The topological polar surface area (TPSA) is 78.6 Å². The van der Waals surface area contributed by atoms with Crippen LogP contribution in [0.25, 0.3) is 0 Å². The summed E-state index contributed by atoms with van der Waals surface area (Å²) in [6, 6.07) is 15.6. The first-order chi connectivity index (χ1) is 17.5. The van der Waals surface area contributed by atoms with E-state index in [2.05, 4.69) is 15.5 Å². The van der Waals surface area contributed by atoms with Crippen LogP contribution in [0.5, 0.6) is 11.5 Å². The number of nitrogens with zero attached hydrogens (tertiary/aromatic N) is 4. The maximum atomic E-state index is 14.1. The van der Waals surface area contributed by atoms with Gasteiger partial charge in [-0.25, -0.2) is 8.78 Å². The Bertz CT molecular complexity index is 1290. The summed E-state index contributed by atoms with van der Waals surface area (Å²) in [7, 11) is 3.27. The lowest BCUT2D eigenvalue weighted by atomic mass is 9.99. The number of methoxy groups -OCH3 is 2. The summed E-state index contributed by atoms with van der Waals surface area (Å²) in [4.78, 5) is 2.33. The van der Waals surface area contributed by atoms with Crippen molar-refractivity contribution in [3.8, 4) is 11.5 Å². The molecule has 3 aromatic carbocycles. The molecule has 3 aromatic rings. The monoisotopic (exact) mass is 494 g/mol. The third-order valence-corrected chi connectivity index (χ3v) is 6.44. The molecular formula is C26H28F2N6O2. The molecule has 10 heteroatoms. The maximum Gasteiger partial charge on any atom is 0.175 e. The molecule has 0 radical (unpaired) electrons. The van der Waals surface area contributed by atoms with Crippen molar-refractivity contribution in [2.45, 2.75) is 13.0 Å². The molecule has 2 heterocycles. The molecule has 5 rings (SSSR count). The lowest BCUT2D eigenvalue weighted by Gasteiger charge is -2.31. The second kappa shape index (κ2) is 10.00. The lowest BCUT2D eigenvalue weighted by molar-refractivity contribution is 0.211. The number of nitrogens with one attached hydrogen (secondary N) is 1. The maximum absolute atomic E-state index is 14.1. The zero-order chi connectivity index (χ0) is 25.2. The Labute approximate surface area is 208 Å². The Balaban J connectivity index is 1.36. The smallest absolute Gasteiger partial charge is 0.175 e. The van der Waals surface area contributed by atoms with Gasteiger partial charge in [0.15, 0.2) is 29.0 Å². The average Bonchev–Trinajstić information content (AvgIpc) is 3.33. The van der Waals surface area contributed by atoms with Gasteiger partial charge in [0.1, 0.15) is 0 Å². The fourth-order valence-corrected chi connectivity index (χ4v) is 4.50. The average molecular weight is 495 g/mol. The first-order valence-corrected chi connectivity index (χ1v) is 11.7. The van der Waals surface area contributed by atoms with Gasteiger partial charge in [-0.05, 0) is 47.9 Å². The zero-order valence-corrected chi connectivity index (χ0v) is 20.2. The number of hydrogen-bond donors (Lipinski definition) is 2. The molecule has 0 aromatic heterocycles. The highest BCUT2D eigenvalue weighted by atomic mass is 19.2. The standard InChI is InChI=1S/C26H28F2N6O2/c1-35-24-12-17-8-9-32(16-18(17)13-25(24)36-2)10-11-33-26(20-14-21(27)22(28)15-23(20)29)30-34(31-33)19-6-4-3-5-7-19/h3-7,12-15,31H,8-11,16,29H2,1-2H3. The number of nitrogen functional groups attached to an aromatic ring is 1. The van der Waals surface area contributed by atoms with Gasteiger partial charge >= 0.3 is 0 Å². The van der Waals surface area contributed by atoms with Crippen molar-refractivity contribution >= 4 is 17.2 Å². The first-order valence-electron chi connectivity index (χ1n) is 11.7. The first kappa shape index (κ1) is 23.8. The molecule has 0 spiro atoms. The largest absolute Gasteiger partial charge is 0.493 e. The summed E-state index contributed by atoms with van der Waals surface area (Å²) >= 11 is 0. The summed E-state index contributed by atoms with van der Waals surface area (Å²) in [5.41, 5.74) is 13.0. The number of ether oxygens (including phenoxy) is 2. The normalized spacial score (nSPS) is 15.6. The predicted octanol–water partition coefficient (Wildman–Crippen LogP) is 3.53. The number of halogens is 2. The molecule has 36 heavy (non-hydrogen) atoms. The van der Waals surface area contributed by atoms with E-state index in [1.807, 2.05) is 42.5 Å². The molecule has 0 amide bonds. The molecule has 2 aliphatic rings. The Kier molecular flexibility index (Phi) is 6.62. The number of hydrogen-bond acceptors (Lipinski definition) is 8. The molecule has 0 saturated heterocycles. The molecule has 0 aliphatic carbocycles. The quantitative estimate of drug-likeness (QED) is 0.487. The van der Waals surface area contributed by atoms with Crippen LogP contribution >= 0.6 is 0 Å². The number of amidine groups is 1. The van der Waals surface area contributed by atoms with Crippen molar-refractivity contribution in [3.63, 3.8) is 0 Å². The van der Waals surface area contributed by atoms with Crippen LogP contribution in [0.1, 0.15) is 16.7 Å². The van der Waals surface area contributed by atoms with Crippen LogP contribution in [0.2, 0.25) is 0 Å². The number of rotatable bonds is 7. The fraction of sp³-hybridized carbons (Fsp3) is 0.269. The Morgan fingerprint density at radius 2 is 1.64 bits per heavy atom. The van der Waals surface area contributed by atoms with E-state index in [9.17, 15) is 8.78 Å². The van der Waals surface area contributed by atoms with Crippen molar-refractivity contribution in [1.29, 1.82) is 0 Å². The van der Waals surface area contributed by atoms with Gasteiger partial charge in [-0.15, -0.1) is 10.6 Å². The van der Waals surface area contributed by atoms with E-state index in [4.69, 9.17) is 15.2 Å². The third kappa shape index (κ3) is 4.65. The van der Waals surface area contributed by atoms with Gasteiger partial charge in [-0.3, -0.25) is 9.91 Å². The van der Waals surface area contributed by atoms with E-state index >= 15 is 0 Å². The van der Waals surface area contributed by atoms with Gasteiger partial charge in [-0.2, -0.15) is 5.12 Å². The SMILES string of the molecule is COc1cc2c(cc1OC)CN(CCN1NN(c3ccccc3)N=C1c1cc(F)c(F)cc1N)CC2. The van der Waals surface area contributed by atoms with Gasteiger partial charge in [0.25, 0.3) is 0 Å². The van der Waals surface area contributed by atoms with E-state index in [-0.39, 0.29) is 5.69 Å². The summed E-state index contributed by atoms with van der Waals surface area (Å²) in [6.07, 6.45) is 0.885. The van der Waals surface area contributed by atoms with Crippen molar-refractivity contribution in [2.24, 2.45) is 5.10 Å². The number of benzene rings is 3. The summed E-state index contributed by atoms with van der Waals surface area (Å²) in [6.45, 7) is 2.86. The van der Waals surface area contributed by atoms with Gasteiger partial charge in [-0.1, -0.05) is 18.2 Å². The molecular weight excluding hydrogens is 466 g/mol. The van der Waals surface area contributed by atoms with Crippen LogP contribution in [0, 0.1) is 11.6 Å². The molecule has 0 bridgehead atoms. The fourth-order valence-electron chi connectivity index (χ4n) is 4.50. The third-order valence-electron chi connectivity index (χ3n) is 6.44. The van der Waals surface area contributed by atoms with Crippen LogP contribution in [-0.2, 0) is 13.0 Å². The van der Waals surface area contributed by atoms with Crippen LogP contribution in [0.15, 0.2) is 59.7 Å². The van der Waals surface area contributed by atoms with Crippen molar-refractivity contribution in [1.82, 2.24) is 15.4 Å². The number of nitrogens with two attached hydrogens (primary N) is 1. The van der Waals surface area contributed by atoms with Crippen LogP contribution in [0.4, 0.5) is 20.2 Å². The molecule has 0 unspecified atom stereocenters. The molecule has 0 fully saturated rings. The Morgan fingerprint density at radius 3 is 2.36 bits per heavy atom. The highest BCUT2D eigenvalue weighted by Gasteiger charge is 2.28. The van der Waals surface area contributed by atoms with Gasteiger partial charge in [0, 0.05) is 37.0 Å². The number of anilines is 2. The van der Waals surface area contributed by atoms with E-state index in [1.165, 1.54) is 11.1 Å². The Morgan fingerprint density at radius 1 is 0.944 bits per heavy atom. The van der Waals surface area contributed by atoms with Crippen molar-refractivity contribution in [3.05, 3.63) is 82.9 Å². The second-order valence-electron chi connectivity index (χ2n) is 8.68. The van der Waals surface area contributed by atoms with E-state index in [0.717, 1.165) is 43.1 Å². The number of para-hydroxylation sites is 1. The minimum Gasteiger partial charge on any atom is -0.493 e. The minimum atomic E-state index is -0.992. The molecule has 0 saturated carbocycles. The summed E-state index contributed by atoms with van der Waals surface area (Å²) < 4.78 is 38.8. The van der Waals surface area contributed by atoms with Crippen molar-refractivity contribution < 1.29 is 18.3 Å². The van der Waals surface area contributed by atoms with E-state index in [1.54, 1.807) is 24.3 Å². The summed E-state index contributed by atoms with van der Waals surface area (Å²) in [5.74, 6) is -0.109. The zero-order valence-electron chi connectivity index (χ0n) is 20.2.